The fourth-order valence-electron chi connectivity index (χ4n) is 3.54. The van der Waals surface area contributed by atoms with Gasteiger partial charge in [-0.2, -0.15) is 31.4 Å². The van der Waals surface area contributed by atoms with Crippen molar-refractivity contribution in [2.24, 2.45) is 0 Å². The molecule has 14 heteroatoms. The molecule has 0 saturated carbocycles. The van der Waals surface area contributed by atoms with E-state index in [-0.39, 0.29) is 37.8 Å². The molecule has 0 bridgehead atoms. The number of carbonyl (C=O) groups is 1. The third-order valence-electron chi connectivity index (χ3n) is 5.02. The number of nitrogens with zero attached hydrogens (tertiary/aromatic N) is 2. The van der Waals surface area contributed by atoms with Crippen molar-refractivity contribution in [1.82, 2.24) is 14.5 Å². The van der Waals surface area contributed by atoms with Crippen LogP contribution in [0.1, 0.15) is 48.2 Å². The van der Waals surface area contributed by atoms with Crippen LogP contribution in [0.2, 0.25) is 0 Å². The van der Waals surface area contributed by atoms with Crippen molar-refractivity contribution in [2.45, 2.75) is 56.0 Å². The molecule has 1 N–H and O–H groups in total. The molecule has 1 aromatic carbocycles. The number of rotatable bonds is 6. The van der Waals surface area contributed by atoms with Crippen molar-refractivity contribution < 1.29 is 44.3 Å². The SMILES string of the molecule is CCOC(=O)Cn1ncc2c1CCC[C@H]2NS(=O)(=O)c1cc(C(F)(F)F)cc(C(F)(F)F)c1. The third kappa shape index (κ3) is 5.66. The molecule has 2 aromatic rings. The van der Waals surface area contributed by atoms with Gasteiger partial charge < -0.3 is 4.74 Å². The Labute approximate surface area is 184 Å². The van der Waals surface area contributed by atoms with Gasteiger partial charge in [-0.1, -0.05) is 0 Å². The van der Waals surface area contributed by atoms with E-state index in [1.807, 2.05) is 0 Å². The molecular formula is C19H19F6N3O4S. The third-order valence-corrected chi connectivity index (χ3v) is 6.47. The van der Waals surface area contributed by atoms with Crippen molar-refractivity contribution >= 4 is 16.0 Å². The number of hydrogen-bond acceptors (Lipinski definition) is 5. The van der Waals surface area contributed by atoms with Gasteiger partial charge in [0.2, 0.25) is 10.0 Å². The van der Waals surface area contributed by atoms with Gasteiger partial charge in [-0.3, -0.25) is 9.48 Å². The van der Waals surface area contributed by atoms with Gasteiger partial charge in [-0.15, -0.1) is 0 Å². The van der Waals surface area contributed by atoms with Crippen molar-refractivity contribution in [1.29, 1.82) is 0 Å². The fraction of sp³-hybridized carbons (Fsp3) is 0.474. The summed E-state index contributed by atoms with van der Waals surface area (Å²) in [5.41, 5.74) is -2.55. The zero-order valence-corrected chi connectivity index (χ0v) is 17.9. The van der Waals surface area contributed by atoms with Crippen molar-refractivity contribution in [3.8, 4) is 0 Å². The summed E-state index contributed by atoms with van der Waals surface area (Å²) in [4.78, 5) is 10.6. The molecule has 0 unspecified atom stereocenters. The van der Waals surface area contributed by atoms with E-state index in [0.717, 1.165) is 0 Å². The Hall–Kier alpha value is -2.61. The van der Waals surface area contributed by atoms with E-state index in [1.54, 1.807) is 6.92 Å². The molecule has 182 valence electrons. The number of hydrogen-bond donors (Lipinski definition) is 1. The van der Waals surface area contributed by atoms with Crippen LogP contribution in [-0.2, 0) is 44.9 Å². The first-order valence-electron chi connectivity index (χ1n) is 9.74. The number of sulfonamides is 1. The number of halogens is 6. The maximum Gasteiger partial charge on any atom is 0.416 e. The lowest BCUT2D eigenvalue weighted by molar-refractivity contribution is -0.145. The largest absolute Gasteiger partial charge is 0.465 e. The van der Waals surface area contributed by atoms with Gasteiger partial charge in [0.25, 0.3) is 0 Å². The number of aromatic nitrogens is 2. The van der Waals surface area contributed by atoms with Gasteiger partial charge in [0.15, 0.2) is 0 Å². The summed E-state index contributed by atoms with van der Waals surface area (Å²) < 4.78 is 113. The van der Waals surface area contributed by atoms with Gasteiger partial charge in [0, 0.05) is 11.3 Å². The second-order valence-corrected chi connectivity index (χ2v) is 9.03. The first-order valence-corrected chi connectivity index (χ1v) is 11.2. The Morgan fingerprint density at radius 1 is 1.15 bits per heavy atom. The molecule has 1 aliphatic carbocycles. The minimum Gasteiger partial charge on any atom is -0.465 e. The van der Waals surface area contributed by atoms with E-state index in [4.69, 9.17) is 4.74 Å². The maximum absolute atomic E-state index is 13.1. The highest BCUT2D eigenvalue weighted by Crippen LogP contribution is 2.38. The van der Waals surface area contributed by atoms with E-state index in [1.165, 1.54) is 10.9 Å². The molecule has 0 amide bonds. The Bertz CT molecular complexity index is 1110. The highest BCUT2D eigenvalue weighted by atomic mass is 32.2. The average Bonchev–Trinajstić information content (AvgIpc) is 3.10. The van der Waals surface area contributed by atoms with Gasteiger partial charge in [0.1, 0.15) is 6.54 Å². The number of benzene rings is 1. The summed E-state index contributed by atoms with van der Waals surface area (Å²) in [6.45, 7) is 1.56. The first-order chi connectivity index (χ1) is 15.2. The molecule has 0 radical (unpaired) electrons. The number of alkyl halides is 6. The Morgan fingerprint density at radius 2 is 1.76 bits per heavy atom. The Balaban J connectivity index is 1.94. The number of esters is 1. The molecule has 33 heavy (non-hydrogen) atoms. The summed E-state index contributed by atoms with van der Waals surface area (Å²) in [5.74, 6) is -0.560. The van der Waals surface area contributed by atoms with Crippen molar-refractivity contribution in [2.75, 3.05) is 6.61 Å². The summed E-state index contributed by atoms with van der Waals surface area (Å²) in [6, 6.07) is -0.771. The van der Waals surface area contributed by atoms with Crippen LogP contribution in [-0.4, -0.2) is 30.8 Å². The maximum atomic E-state index is 13.1. The molecule has 0 aliphatic heterocycles. The van der Waals surface area contributed by atoms with Crippen LogP contribution in [0.25, 0.3) is 0 Å². The summed E-state index contributed by atoms with van der Waals surface area (Å²) >= 11 is 0. The number of fused-ring (bicyclic) bond motifs is 1. The molecule has 1 atom stereocenters. The summed E-state index contributed by atoms with van der Waals surface area (Å²) in [6.07, 6.45) is -7.91. The standard InChI is InChI=1S/C19H19F6N3O4S/c1-2-32-17(29)10-28-16-5-3-4-15(14(16)9-26-28)27-33(30,31)13-7-11(18(20,21)22)6-12(8-13)19(23,24)25/h6-9,15,27H,2-5,10H2,1H3/t15-/m1/s1. The summed E-state index contributed by atoms with van der Waals surface area (Å²) in [7, 11) is -4.77. The molecule has 3 rings (SSSR count). The van der Waals surface area contributed by atoms with Crippen molar-refractivity contribution in [3.05, 3.63) is 46.8 Å². The zero-order valence-electron chi connectivity index (χ0n) is 17.1. The zero-order chi connectivity index (χ0) is 24.6. The minimum atomic E-state index is -5.18. The van der Waals surface area contributed by atoms with Crippen LogP contribution < -0.4 is 4.72 Å². The molecular weight excluding hydrogens is 480 g/mol. The van der Waals surface area contributed by atoms with E-state index in [2.05, 4.69) is 9.82 Å². The molecule has 7 nitrogen and oxygen atoms in total. The van der Waals surface area contributed by atoms with Gasteiger partial charge in [-0.25, -0.2) is 13.1 Å². The van der Waals surface area contributed by atoms with E-state index < -0.39 is 50.4 Å². The topological polar surface area (TPSA) is 90.3 Å². The van der Waals surface area contributed by atoms with Crippen molar-refractivity contribution in [3.63, 3.8) is 0 Å². The lowest BCUT2D eigenvalue weighted by Gasteiger charge is -2.24. The lowest BCUT2D eigenvalue weighted by Crippen LogP contribution is -2.31. The highest BCUT2D eigenvalue weighted by molar-refractivity contribution is 7.89. The van der Waals surface area contributed by atoms with E-state index in [0.29, 0.717) is 24.1 Å². The number of carbonyl (C=O) groups excluding carboxylic acids is 1. The number of ether oxygens (including phenoxy) is 1. The Morgan fingerprint density at radius 3 is 2.30 bits per heavy atom. The summed E-state index contributed by atoms with van der Waals surface area (Å²) in [5, 5.41) is 4.05. The minimum absolute atomic E-state index is 0.142. The second kappa shape index (κ2) is 8.97. The fourth-order valence-corrected chi connectivity index (χ4v) is 4.86. The van der Waals surface area contributed by atoms with Crippen LogP contribution >= 0.6 is 0 Å². The predicted molar refractivity (Wildman–Crippen MR) is 101 cm³/mol. The number of nitrogens with one attached hydrogen (secondary N) is 1. The monoisotopic (exact) mass is 499 g/mol. The predicted octanol–water partition coefficient (Wildman–Crippen LogP) is 3.84. The molecule has 0 fully saturated rings. The van der Waals surface area contributed by atoms with Crippen LogP contribution in [0.15, 0.2) is 29.3 Å². The quantitative estimate of drug-likeness (QED) is 0.482. The molecule has 0 saturated heterocycles. The highest BCUT2D eigenvalue weighted by Gasteiger charge is 2.39. The smallest absolute Gasteiger partial charge is 0.416 e. The molecule has 1 aromatic heterocycles. The van der Waals surface area contributed by atoms with Crippen LogP contribution in [0.4, 0.5) is 26.3 Å². The van der Waals surface area contributed by atoms with Gasteiger partial charge >= 0.3 is 18.3 Å². The average molecular weight is 499 g/mol. The molecule has 0 spiro atoms. The normalized spacial score (nSPS) is 17.0. The molecule has 1 aliphatic rings. The second-order valence-electron chi connectivity index (χ2n) is 7.32. The van der Waals surface area contributed by atoms with E-state index in [9.17, 15) is 39.6 Å². The lowest BCUT2D eigenvalue weighted by atomic mass is 9.94. The van der Waals surface area contributed by atoms with Crippen LogP contribution in [0.3, 0.4) is 0 Å². The van der Waals surface area contributed by atoms with Crippen LogP contribution in [0.5, 0.6) is 0 Å². The van der Waals surface area contributed by atoms with Gasteiger partial charge in [-0.05, 0) is 44.4 Å². The molecule has 1 heterocycles. The van der Waals surface area contributed by atoms with E-state index >= 15 is 0 Å². The Kier molecular flexibility index (Phi) is 6.80. The van der Waals surface area contributed by atoms with Gasteiger partial charge in [0.05, 0.1) is 34.9 Å². The first kappa shape index (κ1) is 25.0. The van der Waals surface area contributed by atoms with Crippen LogP contribution in [0, 0.1) is 0 Å².